The average molecular weight is 382 g/mol. The van der Waals surface area contributed by atoms with Crippen molar-refractivity contribution in [1.29, 1.82) is 0 Å². The van der Waals surface area contributed by atoms with Gasteiger partial charge in [0.25, 0.3) is 0 Å². The molecule has 0 saturated carbocycles. The molecule has 1 aromatic rings. The van der Waals surface area contributed by atoms with E-state index in [0.717, 1.165) is 0 Å². The summed E-state index contributed by atoms with van der Waals surface area (Å²) in [5.41, 5.74) is 0.280. The number of primary sulfonamides is 1. The van der Waals surface area contributed by atoms with Crippen LogP contribution in [0.2, 0.25) is 0 Å². The molecular weight excluding hydrogens is 364 g/mol. The van der Waals surface area contributed by atoms with Crippen molar-refractivity contribution in [2.24, 2.45) is 5.14 Å². The third-order valence-electron chi connectivity index (χ3n) is 3.58. The Kier molecular flexibility index (Phi) is 5.16. The van der Waals surface area contributed by atoms with Gasteiger partial charge in [0, 0.05) is 26.2 Å². The first-order chi connectivity index (χ1) is 10.6. The highest BCUT2D eigenvalue weighted by atomic mass is 32.3. The lowest BCUT2D eigenvalue weighted by molar-refractivity contribution is -0.119. The van der Waals surface area contributed by atoms with Gasteiger partial charge in [-0.3, -0.25) is 4.79 Å². The molecule has 1 amide bonds. The Morgan fingerprint density at radius 2 is 2.17 bits per heavy atom. The Bertz CT molecular complexity index is 812. The van der Waals surface area contributed by atoms with Crippen LogP contribution < -0.4 is 10.5 Å². The average Bonchev–Trinajstić information content (AvgIpc) is 2.86. The highest BCUT2D eigenvalue weighted by molar-refractivity contribution is 7.95. The molecule has 0 aliphatic carbocycles. The lowest BCUT2D eigenvalue weighted by Crippen LogP contribution is -2.37. The number of rotatable bonds is 5. The van der Waals surface area contributed by atoms with Gasteiger partial charge in [-0.15, -0.1) is 11.3 Å². The molecule has 1 aliphatic rings. The number of fused-ring (bicyclic) bond motifs is 1. The van der Waals surface area contributed by atoms with Gasteiger partial charge in [-0.05, 0) is 18.9 Å². The Hall–Kier alpha value is -1.01. The standard InChI is InChI=1S/C12H18N2O6S3/c1-7(15)14-10-5-8(3-4-20-2)22(16,17)12-9(10)6-11(21-12)23(13,18)19/h6,8,10H,3-5H2,1-2H3,(H,14,15)(H2,13,18,19). The second-order valence-electron chi connectivity index (χ2n) is 5.29. The van der Waals surface area contributed by atoms with E-state index in [1.165, 1.54) is 20.1 Å². The molecule has 0 bridgehead atoms. The Balaban J connectivity index is 2.55. The van der Waals surface area contributed by atoms with E-state index in [1.54, 1.807) is 0 Å². The van der Waals surface area contributed by atoms with Crippen molar-refractivity contribution in [3.8, 4) is 0 Å². The van der Waals surface area contributed by atoms with Crippen molar-refractivity contribution in [3.05, 3.63) is 11.6 Å². The number of sulfonamides is 1. The van der Waals surface area contributed by atoms with Gasteiger partial charge in [-0.25, -0.2) is 22.0 Å². The molecule has 23 heavy (non-hydrogen) atoms. The lowest BCUT2D eigenvalue weighted by Gasteiger charge is -2.29. The topological polar surface area (TPSA) is 133 Å². The predicted octanol–water partition coefficient (Wildman–Crippen LogP) is 0.155. The molecule has 0 spiro atoms. The molecule has 2 atom stereocenters. The first-order valence-corrected chi connectivity index (χ1v) is 10.6. The van der Waals surface area contributed by atoms with Gasteiger partial charge in [0.2, 0.25) is 15.9 Å². The summed E-state index contributed by atoms with van der Waals surface area (Å²) in [6.07, 6.45) is 0.427. The third-order valence-corrected chi connectivity index (χ3v) is 8.95. The van der Waals surface area contributed by atoms with Crippen molar-refractivity contribution >= 4 is 37.1 Å². The molecule has 2 unspecified atom stereocenters. The number of sulfone groups is 1. The molecule has 3 N–H and O–H groups in total. The number of carbonyl (C=O) groups excluding carboxylic acids is 1. The van der Waals surface area contributed by atoms with Crippen molar-refractivity contribution in [3.63, 3.8) is 0 Å². The number of nitrogens with two attached hydrogens (primary N) is 1. The van der Waals surface area contributed by atoms with Crippen LogP contribution in [0.1, 0.15) is 31.4 Å². The highest BCUT2D eigenvalue weighted by Crippen LogP contribution is 2.43. The normalized spacial score (nSPS) is 23.3. The smallest absolute Gasteiger partial charge is 0.247 e. The maximum absolute atomic E-state index is 12.7. The third kappa shape index (κ3) is 3.74. The summed E-state index contributed by atoms with van der Waals surface area (Å²) in [5, 5.41) is 7.02. The van der Waals surface area contributed by atoms with Crippen LogP contribution >= 0.6 is 11.3 Å². The SMILES string of the molecule is COCCC1CC(NC(C)=O)c2cc(S(N)(=O)=O)sc2S1(=O)=O. The summed E-state index contributed by atoms with van der Waals surface area (Å²) in [4.78, 5) is 11.4. The van der Waals surface area contributed by atoms with Crippen molar-refractivity contribution in [2.75, 3.05) is 13.7 Å². The molecule has 2 rings (SSSR count). The Morgan fingerprint density at radius 1 is 1.52 bits per heavy atom. The van der Waals surface area contributed by atoms with Gasteiger partial charge in [-0.1, -0.05) is 0 Å². The highest BCUT2D eigenvalue weighted by Gasteiger charge is 2.41. The molecule has 8 nitrogen and oxygen atoms in total. The fraction of sp³-hybridized carbons (Fsp3) is 0.583. The van der Waals surface area contributed by atoms with E-state index in [2.05, 4.69) is 5.32 Å². The number of methoxy groups -OCH3 is 1. The van der Waals surface area contributed by atoms with E-state index < -0.39 is 31.2 Å². The summed E-state index contributed by atoms with van der Waals surface area (Å²) < 4.78 is 53.1. The number of thiophene rings is 1. The summed E-state index contributed by atoms with van der Waals surface area (Å²) in [5.74, 6) is -0.325. The maximum Gasteiger partial charge on any atom is 0.247 e. The molecule has 1 aliphatic heterocycles. The summed E-state index contributed by atoms with van der Waals surface area (Å²) in [6.45, 7) is 1.57. The van der Waals surface area contributed by atoms with Crippen molar-refractivity contribution in [1.82, 2.24) is 5.32 Å². The molecule has 0 fully saturated rings. The largest absolute Gasteiger partial charge is 0.385 e. The van der Waals surface area contributed by atoms with Crippen molar-refractivity contribution in [2.45, 2.75) is 39.5 Å². The van der Waals surface area contributed by atoms with Crippen LogP contribution in [-0.2, 0) is 29.4 Å². The van der Waals surface area contributed by atoms with E-state index in [1.807, 2.05) is 0 Å². The van der Waals surface area contributed by atoms with Crippen LogP contribution in [0.4, 0.5) is 0 Å². The summed E-state index contributed by atoms with van der Waals surface area (Å²) in [7, 11) is -6.24. The van der Waals surface area contributed by atoms with Gasteiger partial charge >= 0.3 is 0 Å². The molecule has 0 radical (unpaired) electrons. The van der Waals surface area contributed by atoms with Crippen LogP contribution in [0.15, 0.2) is 14.5 Å². The molecule has 130 valence electrons. The van der Waals surface area contributed by atoms with E-state index in [-0.39, 0.29) is 39.3 Å². The predicted molar refractivity (Wildman–Crippen MR) is 84.3 cm³/mol. The zero-order valence-corrected chi connectivity index (χ0v) is 15.1. The van der Waals surface area contributed by atoms with Gasteiger partial charge in [0.15, 0.2) is 9.84 Å². The number of amides is 1. The first kappa shape index (κ1) is 18.3. The van der Waals surface area contributed by atoms with E-state index >= 15 is 0 Å². The minimum atomic E-state index is -4.02. The number of carbonyl (C=O) groups is 1. The molecular formula is C12H18N2O6S3. The first-order valence-electron chi connectivity index (χ1n) is 6.74. The second-order valence-corrected chi connectivity index (χ2v) is 10.6. The van der Waals surface area contributed by atoms with Gasteiger partial charge < -0.3 is 10.1 Å². The van der Waals surface area contributed by atoms with Crippen LogP contribution in [0, 0.1) is 0 Å². The second kappa shape index (κ2) is 6.48. The Labute approximate surface area is 139 Å². The maximum atomic E-state index is 12.7. The van der Waals surface area contributed by atoms with E-state index in [4.69, 9.17) is 9.88 Å². The number of ether oxygens (including phenoxy) is 1. The lowest BCUT2D eigenvalue weighted by atomic mass is 10.0. The van der Waals surface area contributed by atoms with Crippen LogP contribution in [0.3, 0.4) is 0 Å². The summed E-state index contributed by atoms with van der Waals surface area (Å²) in [6, 6.07) is 0.666. The van der Waals surface area contributed by atoms with Crippen LogP contribution in [-0.4, -0.2) is 41.7 Å². The summed E-state index contributed by atoms with van der Waals surface area (Å²) >= 11 is 0.624. The molecule has 0 aromatic carbocycles. The van der Waals surface area contributed by atoms with E-state index in [0.29, 0.717) is 11.3 Å². The number of hydrogen-bond donors (Lipinski definition) is 2. The number of hydrogen-bond acceptors (Lipinski definition) is 7. The van der Waals surface area contributed by atoms with Gasteiger partial charge in [0.1, 0.15) is 8.42 Å². The zero-order valence-electron chi connectivity index (χ0n) is 12.6. The molecule has 2 heterocycles. The Morgan fingerprint density at radius 3 is 2.70 bits per heavy atom. The van der Waals surface area contributed by atoms with Crippen LogP contribution in [0.25, 0.3) is 0 Å². The zero-order chi connectivity index (χ0) is 17.4. The fourth-order valence-electron chi connectivity index (χ4n) is 2.54. The molecule has 11 heteroatoms. The quantitative estimate of drug-likeness (QED) is 0.745. The van der Waals surface area contributed by atoms with Gasteiger partial charge in [0.05, 0.1) is 11.3 Å². The fourth-order valence-corrected chi connectivity index (χ4v) is 7.22. The van der Waals surface area contributed by atoms with Gasteiger partial charge in [-0.2, -0.15) is 0 Å². The van der Waals surface area contributed by atoms with Crippen molar-refractivity contribution < 1.29 is 26.4 Å². The number of nitrogens with one attached hydrogen (secondary N) is 1. The monoisotopic (exact) mass is 382 g/mol. The van der Waals surface area contributed by atoms with Crippen LogP contribution in [0.5, 0.6) is 0 Å². The van der Waals surface area contributed by atoms with E-state index in [9.17, 15) is 21.6 Å². The molecule has 1 aromatic heterocycles. The minimum absolute atomic E-state index is 0.0485. The molecule has 0 saturated heterocycles. The minimum Gasteiger partial charge on any atom is -0.385 e.